The lowest BCUT2D eigenvalue weighted by Gasteiger charge is -2.10. The Bertz CT molecular complexity index is 1080. The first-order valence-corrected chi connectivity index (χ1v) is 21.4. The van der Waals surface area contributed by atoms with E-state index in [1.807, 2.05) is 6.92 Å². The van der Waals surface area contributed by atoms with Crippen molar-refractivity contribution in [1.29, 1.82) is 0 Å². The molecular formula is C39H67NO5S2. The SMILES string of the molecule is CCCCCCCCCCCCCCCC[C@H]1CO[C@H](COCCCCCCCC[n+]2ccsc2)C1.Cc1ccc(S(=O)(=O)[O-])cc1. The van der Waals surface area contributed by atoms with Crippen LogP contribution in [0.25, 0.3) is 0 Å². The predicted molar refractivity (Wildman–Crippen MR) is 195 cm³/mol. The minimum Gasteiger partial charge on any atom is -0.744 e. The van der Waals surface area contributed by atoms with Gasteiger partial charge < -0.3 is 14.0 Å². The van der Waals surface area contributed by atoms with E-state index in [2.05, 4.69) is 28.6 Å². The van der Waals surface area contributed by atoms with E-state index in [9.17, 15) is 13.0 Å². The number of hydrogen-bond acceptors (Lipinski definition) is 6. The van der Waals surface area contributed by atoms with E-state index < -0.39 is 10.1 Å². The highest BCUT2D eigenvalue weighted by molar-refractivity contribution is 7.85. The van der Waals surface area contributed by atoms with E-state index in [-0.39, 0.29) is 4.90 Å². The molecule has 2 heterocycles. The fourth-order valence-corrected chi connectivity index (χ4v) is 7.34. The molecule has 1 saturated heterocycles. The summed E-state index contributed by atoms with van der Waals surface area (Å²) < 4.78 is 45.4. The number of ether oxygens (including phenoxy) is 2. The molecule has 1 aromatic heterocycles. The summed E-state index contributed by atoms with van der Waals surface area (Å²) in [5.41, 5.74) is 3.13. The van der Waals surface area contributed by atoms with E-state index in [0.717, 1.165) is 31.3 Å². The van der Waals surface area contributed by atoms with Crippen LogP contribution < -0.4 is 4.57 Å². The van der Waals surface area contributed by atoms with Crippen molar-refractivity contribution < 1.29 is 27.0 Å². The molecule has 0 N–H and O–H groups in total. The average molecular weight is 694 g/mol. The summed E-state index contributed by atoms with van der Waals surface area (Å²) in [6, 6.07) is 5.78. The minimum absolute atomic E-state index is 0.178. The third-order valence-corrected chi connectivity index (χ3v) is 10.7. The molecule has 0 radical (unpaired) electrons. The Morgan fingerprint density at radius 1 is 0.809 bits per heavy atom. The molecule has 270 valence electrons. The van der Waals surface area contributed by atoms with E-state index in [1.165, 1.54) is 160 Å². The second-order valence-corrected chi connectivity index (χ2v) is 15.8. The van der Waals surface area contributed by atoms with Gasteiger partial charge in [-0.2, -0.15) is 4.57 Å². The molecule has 0 saturated carbocycles. The van der Waals surface area contributed by atoms with Crippen LogP contribution in [-0.2, 0) is 26.1 Å². The van der Waals surface area contributed by atoms with Gasteiger partial charge in [0.2, 0.25) is 5.51 Å². The van der Waals surface area contributed by atoms with Crippen LogP contribution in [0.4, 0.5) is 0 Å². The highest BCUT2D eigenvalue weighted by atomic mass is 32.2. The monoisotopic (exact) mass is 693 g/mol. The normalized spacial score (nSPS) is 16.3. The van der Waals surface area contributed by atoms with Gasteiger partial charge in [0.25, 0.3) is 0 Å². The average Bonchev–Trinajstić information content (AvgIpc) is 3.75. The largest absolute Gasteiger partial charge is 0.744 e. The van der Waals surface area contributed by atoms with Gasteiger partial charge in [-0.1, -0.05) is 145 Å². The summed E-state index contributed by atoms with van der Waals surface area (Å²) in [6.07, 6.45) is 33.2. The molecule has 8 heteroatoms. The van der Waals surface area contributed by atoms with Gasteiger partial charge in [-0.25, -0.2) is 8.42 Å². The molecule has 6 nitrogen and oxygen atoms in total. The molecule has 3 rings (SSSR count). The van der Waals surface area contributed by atoms with Gasteiger partial charge >= 0.3 is 0 Å². The Morgan fingerprint density at radius 2 is 1.36 bits per heavy atom. The number of aromatic nitrogens is 1. The summed E-state index contributed by atoms with van der Waals surface area (Å²) >= 11 is 1.78. The molecule has 2 aromatic rings. The summed E-state index contributed by atoms with van der Waals surface area (Å²) in [4.78, 5) is -0.178. The number of aryl methyl sites for hydroxylation is 2. The fraction of sp³-hybridized carbons (Fsp3) is 0.769. The van der Waals surface area contributed by atoms with E-state index >= 15 is 0 Å². The van der Waals surface area contributed by atoms with Crippen molar-refractivity contribution in [2.24, 2.45) is 5.92 Å². The second kappa shape index (κ2) is 27.5. The highest BCUT2D eigenvalue weighted by Crippen LogP contribution is 2.25. The molecule has 1 aromatic carbocycles. The molecule has 47 heavy (non-hydrogen) atoms. The summed E-state index contributed by atoms with van der Waals surface area (Å²) in [5.74, 6) is 0.781. The Labute approximate surface area is 292 Å². The molecule has 0 spiro atoms. The summed E-state index contributed by atoms with van der Waals surface area (Å²) in [5, 5.41) is 2.15. The zero-order valence-corrected chi connectivity index (χ0v) is 31.5. The van der Waals surface area contributed by atoms with Crippen LogP contribution in [-0.4, -0.2) is 38.9 Å². The van der Waals surface area contributed by atoms with Crippen LogP contribution in [0.5, 0.6) is 0 Å². The van der Waals surface area contributed by atoms with E-state index in [0.29, 0.717) is 6.10 Å². The summed E-state index contributed by atoms with van der Waals surface area (Å²) in [7, 11) is -4.27. The van der Waals surface area contributed by atoms with Crippen molar-refractivity contribution in [3.05, 3.63) is 46.9 Å². The standard InChI is InChI=1S/C32H60NO2S.C7H8O3S/c1-2-3-4-5-6-7-8-9-10-11-12-13-16-19-22-31-27-32(35-28-31)29-34-25-21-18-15-14-17-20-23-33-24-26-36-30-33;1-6-2-4-7(5-3-6)11(8,9)10/h24,26,30-32H,2-23,25,27-29H2,1H3;2-5H,1H3,(H,8,9,10)/q+1;/p-1/t31-,32+;/m1./s1. The van der Waals surface area contributed by atoms with Crippen LogP contribution in [0.2, 0.25) is 0 Å². The number of rotatable bonds is 27. The highest BCUT2D eigenvalue weighted by Gasteiger charge is 2.25. The quantitative estimate of drug-likeness (QED) is 0.0529. The molecular weight excluding hydrogens is 627 g/mol. The lowest BCUT2D eigenvalue weighted by Crippen LogP contribution is -2.29. The first-order chi connectivity index (χ1) is 22.9. The number of hydrogen-bond donors (Lipinski definition) is 0. The number of thiazole rings is 1. The Morgan fingerprint density at radius 3 is 1.91 bits per heavy atom. The molecule has 0 unspecified atom stereocenters. The zero-order valence-electron chi connectivity index (χ0n) is 29.9. The Hall–Kier alpha value is -1.32. The van der Waals surface area contributed by atoms with Gasteiger partial charge in [-0.3, -0.25) is 0 Å². The lowest BCUT2D eigenvalue weighted by molar-refractivity contribution is -0.692. The molecule has 1 aliphatic heterocycles. The maximum Gasteiger partial charge on any atom is 0.224 e. The smallest absolute Gasteiger partial charge is 0.224 e. The predicted octanol–water partition coefficient (Wildman–Crippen LogP) is 10.6. The number of nitrogens with zero attached hydrogens (tertiary/aromatic N) is 1. The van der Waals surface area contributed by atoms with Crippen LogP contribution >= 0.6 is 11.3 Å². The minimum atomic E-state index is -4.27. The van der Waals surface area contributed by atoms with Crippen molar-refractivity contribution >= 4 is 21.5 Å². The Balaban J connectivity index is 0.000000587. The van der Waals surface area contributed by atoms with Crippen molar-refractivity contribution in [2.45, 2.75) is 173 Å². The molecule has 1 aliphatic rings. The van der Waals surface area contributed by atoms with Crippen molar-refractivity contribution in [2.75, 3.05) is 19.8 Å². The zero-order chi connectivity index (χ0) is 33.8. The van der Waals surface area contributed by atoms with Gasteiger partial charge in [0.15, 0.2) is 6.20 Å². The van der Waals surface area contributed by atoms with Crippen LogP contribution in [0, 0.1) is 12.8 Å². The van der Waals surface area contributed by atoms with E-state index in [4.69, 9.17) is 9.47 Å². The first kappa shape index (κ1) is 41.8. The van der Waals surface area contributed by atoms with Crippen molar-refractivity contribution in [3.63, 3.8) is 0 Å². The molecule has 2 atom stereocenters. The number of unbranched alkanes of at least 4 members (excludes halogenated alkanes) is 18. The molecule has 0 aliphatic carbocycles. The van der Waals surface area contributed by atoms with E-state index in [1.54, 1.807) is 23.5 Å². The van der Waals surface area contributed by atoms with Gasteiger partial charge in [-0.05, 0) is 50.7 Å². The van der Waals surface area contributed by atoms with Crippen LogP contribution in [0.3, 0.4) is 0 Å². The Kier molecular flexibility index (Phi) is 24.5. The maximum absolute atomic E-state index is 10.4. The third kappa shape index (κ3) is 22.9. The third-order valence-electron chi connectivity index (χ3n) is 9.23. The van der Waals surface area contributed by atoms with Crippen molar-refractivity contribution in [1.82, 2.24) is 0 Å². The van der Waals surface area contributed by atoms with Crippen molar-refractivity contribution in [3.8, 4) is 0 Å². The molecule has 0 bridgehead atoms. The molecule has 1 fully saturated rings. The van der Waals surface area contributed by atoms with Gasteiger partial charge in [0, 0.05) is 19.6 Å². The van der Waals surface area contributed by atoms with Gasteiger partial charge in [0.05, 0.1) is 23.0 Å². The second-order valence-electron chi connectivity index (χ2n) is 13.7. The molecule has 0 amide bonds. The number of benzene rings is 1. The lowest BCUT2D eigenvalue weighted by atomic mass is 9.97. The van der Waals surface area contributed by atoms with Gasteiger partial charge in [-0.15, -0.1) is 0 Å². The van der Waals surface area contributed by atoms with Crippen LogP contribution in [0.1, 0.15) is 154 Å². The summed E-state index contributed by atoms with van der Waals surface area (Å²) in [6.45, 7) is 7.99. The fourth-order valence-electron chi connectivity index (χ4n) is 6.24. The van der Waals surface area contributed by atoms with Gasteiger partial charge in [0.1, 0.15) is 16.7 Å². The first-order valence-electron chi connectivity index (χ1n) is 19.0. The maximum atomic E-state index is 10.4. The topological polar surface area (TPSA) is 79.5 Å². The van der Waals surface area contributed by atoms with Crippen LogP contribution in [0.15, 0.2) is 46.2 Å².